The van der Waals surface area contributed by atoms with Gasteiger partial charge in [0.05, 0.1) is 5.02 Å². The van der Waals surface area contributed by atoms with Crippen LogP contribution in [0.2, 0.25) is 10.2 Å². The number of hydrogen-bond donors (Lipinski definition) is 1. The standard InChI is InChI=1S/C15H10Cl2F2N2O3S/c16-11-4-7(6-20-14(11)17)25(23,24)21-15(22)10-5-9(10)8-2-1-3-12(18)13(8)19/h1-4,6,9-10H,5H2,(H,21,22)/t9-,10+/m1/s1. The molecule has 1 amide bonds. The number of hydrogen-bond acceptors (Lipinski definition) is 4. The zero-order valence-corrected chi connectivity index (χ0v) is 14.7. The van der Waals surface area contributed by atoms with Crippen LogP contribution in [-0.2, 0) is 14.8 Å². The van der Waals surface area contributed by atoms with E-state index in [1.807, 2.05) is 4.72 Å². The van der Waals surface area contributed by atoms with Crippen LogP contribution in [-0.4, -0.2) is 19.3 Å². The number of nitrogens with zero attached hydrogens (tertiary/aromatic N) is 1. The SMILES string of the molecule is O=C(NS(=O)(=O)c1cnc(Cl)c(Cl)c1)[C@H]1C[C@@H]1c1cccc(F)c1F. The Balaban J connectivity index is 1.75. The summed E-state index contributed by atoms with van der Waals surface area (Å²) in [7, 11) is -4.20. The maximum absolute atomic E-state index is 13.8. The van der Waals surface area contributed by atoms with Crippen molar-refractivity contribution in [2.24, 2.45) is 5.92 Å². The molecule has 5 nitrogen and oxygen atoms in total. The fourth-order valence-corrected chi connectivity index (χ4v) is 3.79. The summed E-state index contributed by atoms with van der Waals surface area (Å²) in [6.45, 7) is 0. The second-order valence-corrected chi connectivity index (χ2v) is 7.95. The molecule has 1 aromatic heterocycles. The molecule has 1 fully saturated rings. The summed E-state index contributed by atoms with van der Waals surface area (Å²) in [5, 5.41) is -0.154. The van der Waals surface area contributed by atoms with Gasteiger partial charge in [0, 0.05) is 12.1 Å². The zero-order chi connectivity index (χ0) is 18.4. The van der Waals surface area contributed by atoms with E-state index in [2.05, 4.69) is 4.98 Å². The van der Waals surface area contributed by atoms with E-state index in [1.54, 1.807) is 0 Å². The van der Waals surface area contributed by atoms with Crippen LogP contribution in [0.15, 0.2) is 35.4 Å². The summed E-state index contributed by atoms with van der Waals surface area (Å²) in [5.41, 5.74) is 0.0498. The molecule has 0 saturated heterocycles. The molecular formula is C15H10Cl2F2N2O3S. The van der Waals surface area contributed by atoms with Gasteiger partial charge in [-0.3, -0.25) is 4.79 Å². The molecule has 2 atom stereocenters. The van der Waals surface area contributed by atoms with Gasteiger partial charge in [0.25, 0.3) is 10.0 Å². The van der Waals surface area contributed by atoms with E-state index in [4.69, 9.17) is 23.2 Å². The van der Waals surface area contributed by atoms with Gasteiger partial charge in [0.1, 0.15) is 10.0 Å². The first-order valence-electron chi connectivity index (χ1n) is 7.02. The van der Waals surface area contributed by atoms with Crippen molar-refractivity contribution in [3.8, 4) is 0 Å². The molecule has 0 unspecified atom stereocenters. The minimum absolute atomic E-state index is 0.0498. The number of sulfonamides is 1. The predicted octanol–water partition coefficient (Wildman–Crippen LogP) is 3.28. The minimum Gasteiger partial charge on any atom is -0.274 e. The number of carbonyl (C=O) groups is 1. The third-order valence-corrected chi connectivity index (χ3v) is 5.82. The summed E-state index contributed by atoms with van der Waals surface area (Å²) in [6.07, 6.45) is 1.18. The largest absolute Gasteiger partial charge is 0.274 e. The Bertz CT molecular complexity index is 969. The molecule has 1 aliphatic carbocycles. The highest BCUT2D eigenvalue weighted by molar-refractivity contribution is 7.90. The van der Waals surface area contributed by atoms with Crippen molar-refractivity contribution >= 4 is 39.1 Å². The maximum Gasteiger partial charge on any atom is 0.265 e. The second-order valence-electron chi connectivity index (χ2n) is 5.51. The average Bonchev–Trinajstić information content (AvgIpc) is 3.32. The fraction of sp³-hybridized carbons (Fsp3) is 0.200. The molecule has 0 spiro atoms. The normalized spacial score (nSPS) is 19.5. The Morgan fingerprint density at radius 2 is 2.00 bits per heavy atom. The first-order chi connectivity index (χ1) is 11.7. The van der Waals surface area contributed by atoms with Crippen LogP contribution in [0.25, 0.3) is 0 Å². The van der Waals surface area contributed by atoms with E-state index in [9.17, 15) is 22.0 Å². The number of pyridine rings is 1. The maximum atomic E-state index is 13.8. The molecule has 2 aromatic rings. The van der Waals surface area contributed by atoms with E-state index in [0.717, 1.165) is 18.3 Å². The lowest BCUT2D eigenvalue weighted by Gasteiger charge is -2.08. The lowest BCUT2D eigenvalue weighted by molar-refractivity contribution is -0.120. The van der Waals surface area contributed by atoms with Gasteiger partial charge in [-0.15, -0.1) is 0 Å². The Morgan fingerprint density at radius 3 is 2.68 bits per heavy atom. The number of rotatable bonds is 4. The number of halogens is 4. The summed E-state index contributed by atoms with van der Waals surface area (Å²) in [5.74, 6) is -4.18. The average molecular weight is 407 g/mol. The first-order valence-corrected chi connectivity index (χ1v) is 9.26. The van der Waals surface area contributed by atoms with E-state index >= 15 is 0 Å². The molecule has 0 radical (unpaired) electrons. The van der Waals surface area contributed by atoms with E-state index in [-0.39, 0.29) is 27.1 Å². The highest BCUT2D eigenvalue weighted by Gasteiger charge is 2.46. The van der Waals surface area contributed by atoms with Crippen LogP contribution in [0.5, 0.6) is 0 Å². The molecule has 1 N–H and O–H groups in total. The molecule has 1 saturated carbocycles. The molecule has 10 heteroatoms. The van der Waals surface area contributed by atoms with Crippen molar-refractivity contribution in [1.82, 2.24) is 9.71 Å². The van der Waals surface area contributed by atoms with Gasteiger partial charge >= 0.3 is 0 Å². The second kappa shape index (κ2) is 6.51. The lowest BCUT2D eigenvalue weighted by Crippen LogP contribution is -2.32. The van der Waals surface area contributed by atoms with Crippen LogP contribution in [0.1, 0.15) is 17.9 Å². The number of carbonyl (C=O) groups excluding carboxylic acids is 1. The Labute approximate surface area is 152 Å². The van der Waals surface area contributed by atoms with Crippen LogP contribution < -0.4 is 4.72 Å². The monoisotopic (exact) mass is 406 g/mol. The number of amides is 1. The first kappa shape index (κ1) is 18.0. The van der Waals surface area contributed by atoms with Crippen molar-refractivity contribution < 1.29 is 22.0 Å². The zero-order valence-electron chi connectivity index (χ0n) is 12.3. The molecule has 1 heterocycles. The third-order valence-electron chi connectivity index (χ3n) is 3.82. The molecule has 1 aromatic carbocycles. The highest BCUT2D eigenvalue weighted by atomic mass is 35.5. The van der Waals surface area contributed by atoms with Gasteiger partial charge in [0.2, 0.25) is 5.91 Å². The van der Waals surface area contributed by atoms with Gasteiger partial charge in [-0.2, -0.15) is 0 Å². The molecule has 1 aliphatic rings. The smallest absolute Gasteiger partial charge is 0.265 e. The number of nitrogens with one attached hydrogen (secondary N) is 1. The highest BCUT2D eigenvalue weighted by Crippen LogP contribution is 2.48. The number of benzene rings is 1. The van der Waals surface area contributed by atoms with E-state index < -0.39 is 39.4 Å². The summed E-state index contributed by atoms with van der Waals surface area (Å²) in [6, 6.07) is 4.73. The van der Waals surface area contributed by atoms with Gasteiger partial charge in [-0.25, -0.2) is 26.9 Å². The minimum atomic E-state index is -4.20. The van der Waals surface area contributed by atoms with Crippen molar-refractivity contribution in [3.63, 3.8) is 0 Å². The van der Waals surface area contributed by atoms with Gasteiger partial charge < -0.3 is 0 Å². The van der Waals surface area contributed by atoms with Crippen molar-refractivity contribution in [3.05, 3.63) is 57.8 Å². The summed E-state index contributed by atoms with van der Waals surface area (Å²) < 4.78 is 53.3. The van der Waals surface area contributed by atoms with Crippen LogP contribution >= 0.6 is 23.2 Å². The predicted molar refractivity (Wildman–Crippen MR) is 86.8 cm³/mol. The van der Waals surface area contributed by atoms with Crippen LogP contribution in [0, 0.1) is 17.6 Å². The van der Waals surface area contributed by atoms with Crippen LogP contribution in [0.4, 0.5) is 8.78 Å². The Kier molecular flexibility index (Phi) is 4.70. The van der Waals surface area contributed by atoms with Gasteiger partial charge in [-0.1, -0.05) is 35.3 Å². The van der Waals surface area contributed by atoms with Gasteiger partial charge in [0.15, 0.2) is 11.6 Å². The van der Waals surface area contributed by atoms with E-state index in [1.165, 1.54) is 12.1 Å². The third kappa shape index (κ3) is 3.61. The molecular weight excluding hydrogens is 397 g/mol. The van der Waals surface area contributed by atoms with E-state index in [0.29, 0.717) is 0 Å². The van der Waals surface area contributed by atoms with Gasteiger partial charge in [-0.05, 0) is 30.0 Å². The summed E-state index contributed by atoms with van der Waals surface area (Å²) in [4.78, 5) is 15.4. The molecule has 0 aliphatic heterocycles. The lowest BCUT2D eigenvalue weighted by atomic mass is 10.1. The van der Waals surface area contributed by atoms with Crippen molar-refractivity contribution in [2.75, 3.05) is 0 Å². The van der Waals surface area contributed by atoms with Crippen molar-refractivity contribution in [1.29, 1.82) is 0 Å². The Hall–Kier alpha value is -1.77. The van der Waals surface area contributed by atoms with Crippen LogP contribution in [0.3, 0.4) is 0 Å². The Morgan fingerprint density at radius 1 is 1.28 bits per heavy atom. The quantitative estimate of drug-likeness (QED) is 0.790. The molecule has 25 heavy (non-hydrogen) atoms. The topological polar surface area (TPSA) is 76.1 Å². The molecule has 132 valence electrons. The van der Waals surface area contributed by atoms with Crippen molar-refractivity contribution in [2.45, 2.75) is 17.2 Å². The molecule has 3 rings (SSSR count). The molecule has 0 bridgehead atoms. The fourth-order valence-electron chi connectivity index (χ4n) is 2.45. The summed E-state index contributed by atoms with van der Waals surface area (Å²) >= 11 is 11.3. The number of aromatic nitrogens is 1.